The molecule has 1 N–H and O–H groups in total. The largest absolute Gasteiger partial charge is 0.322 e. The number of hydrogen-bond donors (Lipinski definition) is 1. The van der Waals surface area contributed by atoms with E-state index in [1.807, 2.05) is 42.5 Å². The van der Waals surface area contributed by atoms with Gasteiger partial charge in [-0.05, 0) is 53.7 Å². The lowest BCUT2D eigenvalue weighted by atomic mass is 9.91. The van der Waals surface area contributed by atoms with Crippen LogP contribution < -0.4 is 5.32 Å². The van der Waals surface area contributed by atoms with Crippen molar-refractivity contribution in [3.8, 4) is 0 Å². The molecule has 2 rings (SSSR count). The van der Waals surface area contributed by atoms with Crippen LogP contribution in [0.2, 0.25) is 0 Å². The fraction of sp³-hybridized carbons (Fsp3) is 0.348. The average molecular weight is 335 g/mol. The van der Waals surface area contributed by atoms with Crippen molar-refractivity contribution in [1.82, 2.24) is 0 Å². The smallest absolute Gasteiger partial charge is 0.255 e. The summed E-state index contributed by atoms with van der Waals surface area (Å²) in [6.45, 7) is 10.8. The minimum atomic E-state index is -0.0624. The second-order valence-electron chi connectivity index (χ2n) is 7.63. The van der Waals surface area contributed by atoms with Gasteiger partial charge < -0.3 is 5.32 Å². The maximum Gasteiger partial charge on any atom is 0.255 e. The third-order valence-corrected chi connectivity index (χ3v) is 4.04. The van der Waals surface area contributed by atoms with Gasteiger partial charge in [0, 0.05) is 11.3 Å². The Morgan fingerprint density at radius 3 is 2.20 bits per heavy atom. The number of rotatable bonds is 5. The van der Waals surface area contributed by atoms with Gasteiger partial charge in [-0.25, -0.2) is 0 Å². The van der Waals surface area contributed by atoms with Gasteiger partial charge in [-0.15, -0.1) is 0 Å². The lowest BCUT2D eigenvalue weighted by molar-refractivity contribution is 0.102. The number of allylic oxidation sites excluding steroid dienone is 2. The Hall–Kier alpha value is -2.35. The Balaban J connectivity index is 2.15. The highest BCUT2D eigenvalue weighted by molar-refractivity contribution is 6.04. The summed E-state index contributed by atoms with van der Waals surface area (Å²) < 4.78 is 0. The van der Waals surface area contributed by atoms with Crippen molar-refractivity contribution >= 4 is 17.2 Å². The Bertz CT molecular complexity index is 748. The fourth-order valence-corrected chi connectivity index (χ4v) is 2.94. The summed E-state index contributed by atoms with van der Waals surface area (Å²) in [5.41, 5.74) is 5.29. The molecule has 0 saturated carbocycles. The van der Waals surface area contributed by atoms with Crippen LogP contribution in [0, 0.1) is 5.41 Å². The highest BCUT2D eigenvalue weighted by Gasteiger charge is 2.10. The number of carbonyl (C=O) groups is 1. The maximum atomic E-state index is 12.6. The van der Waals surface area contributed by atoms with E-state index in [0.29, 0.717) is 5.56 Å². The van der Waals surface area contributed by atoms with Crippen LogP contribution in [-0.2, 0) is 6.42 Å². The van der Waals surface area contributed by atoms with Gasteiger partial charge >= 0.3 is 0 Å². The molecule has 2 nitrogen and oxygen atoms in total. The quantitative estimate of drug-likeness (QED) is 0.678. The number of carbonyl (C=O) groups excluding carboxylic acids is 1. The second kappa shape index (κ2) is 8.15. The molecule has 2 aromatic carbocycles. The number of anilines is 1. The lowest BCUT2D eigenvalue weighted by Crippen LogP contribution is -2.13. The molecule has 0 spiro atoms. The van der Waals surface area contributed by atoms with Crippen molar-refractivity contribution in [1.29, 1.82) is 0 Å². The van der Waals surface area contributed by atoms with Crippen molar-refractivity contribution in [2.45, 2.75) is 47.5 Å². The van der Waals surface area contributed by atoms with Gasteiger partial charge in [-0.2, -0.15) is 0 Å². The zero-order chi connectivity index (χ0) is 18.4. The van der Waals surface area contributed by atoms with Crippen molar-refractivity contribution < 1.29 is 4.79 Å². The molecule has 0 aliphatic rings. The van der Waals surface area contributed by atoms with Gasteiger partial charge in [0.15, 0.2) is 0 Å². The van der Waals surface area contributed by atoms with Crippen molar-refractivity contribution in [2.75, 3.05) is 5.32 Å². The molecule has 2 heteroatoms. The zero-order valence-corrected chi connectivity index (χ0v) is 16.0. The molecular weight excluding hydrogens is 306 g/mol. The van der Waals surface area contributed by atoms with Gasteiger partial charge in [-0.1, -0.05) is 70.5 Å². The van der Waals surface area contributed by atoms with Gasteiger partial charge in [-0.3, -0.25) is 4.79 Å². The highest BCUT2D eigenvalue weighted by Crippen LogP contribution is 2.24. The molecule has 25 heavy (non-hydrogen) atoms. The average Bonchev–Trinajstić information content (AvgIpc) is 2.55. The Morgan fingerprint density at radius 1 is 1.00 bits per heavy atom. The first-order chi connectivity index (χ1) is 11.8. The van der Waals surface area contributed by atoms with Gasteiger partial charge in [0.05, 0.1) is 0 Å². The van der Waals surface area contributed by atoms with Crippen LogP contribution >= 0.6 is 0 Å². The van der Waals surface area contributed by atoms with E-state index >= 15 is 0 Å². The Morgan fingerprint density at radius 2 is 1.60 bits per heavy atom. The summed E-state index contributed by atoms with van der Waals surface area (Å²) in [4.78, 5) is 12.6. The minimum Gasteiger partial charge on any atom is -0.322 e. The molecule has 2 aromatic rings. The Labute approximate surface area is 152 Å². The van der Waals surface area contributed by atoms with Crippen LogP contribution in [0.3, 0.4) is 0 Å². The summed E-state index contributed by atoms with van der Waals surface area (Å²) in [7, 11) is 0. The van der Waals surface area contributed by atoms with Crippen molar-refractivity contribution in [3.63, 3.8) is 0 Å². The number of hydrogen-bond acceptors (Lipinski definition) is 1. The molecule has 132 valence electrons. The molecule has 0 radical (unpaired) electrons. The van der Waals surface area contributed by atoms with E-state index in [2.05, 4.69) is 52.1 Å². The maximum absolute atomic E-state index is 12.6. The molecule has 0 aliphatic heterocycles. The predicted molar refractivity (Wildman–Crippen MR) is 108 cm³/mol. The standard InChI is InChI=1S/C23H29NO/c1-6-9-19-10-7-8-11-21(19)24-22(25)20-14-12-18(13-15-20)17(2)16-23(3,4)5/h7-8,10-16H,6,9H2,1-5H3,(H,24,25). The third-order valence-electron chi connectivity index (χ3n) is 4.04. The first-order valence-corrected chi connectivity index (χ1v) is 8.99. The highest BCUT2D eigenvalue weighted by atomic mass is 16.1. The van der Waals surface area contributed by atoms with E-state index in [1.165, 1.54) is 11.1 Å². The van der Waals surface area contributed by atoms with E-state index in [9.17, 15) is 4.79 Å². The molecule has 0 bridgehead atoms. The zero-order valence-electron chi connectivity index (χ0n) is 16.0. The number of aryl methyl sites for hydroxylation is 1. The van der Waals surface area contributed by atoms with E-state index in [1.54, 1.807) is 0 Å². The van der Waals surface area contributed by atoms with E-state index in [0.717, 1.165) is 24.1 Å². The summed E-state index contributed by atoms with van der Waals surface area (Å²) in [5.74, 6) is -0.0624. The Kier molecular flexibility index (Phi) is 6.19. The second-order valence-corrected chi connectivity index (χ2v) is 7.63. The molecule has 1 amide bonds. The van der Waals surface area contributed by atoms with Crippen LogP contribution in [0.15, 0.2) is 54.6 Å². The first-order valence-electron chi connectivity index (χ1n) is 8.99. The molecule has 0 aromatic heterocycles. The van der Waals surface area contributed by atoms with Gasteiger partial charge in [0.25, 0.3) is 5.91 Å². The van der Waals surface area contributed by atoms with Crippen molar-refractivity contribution in [3.05, 3.63) is 71.3 Å². The van der Waals surface area contributed by atoms with Crippen molar-refractivity contribution in [2.24, 2.45) is 5.41 Å². The number of benzene rings is 2. The summed E-state index contributed by atoms with van der Waals surface area (Å²) in [6.07, 6.45) is 4.27. The SMILES string of the molecule is CCCc1ccccc1NC(=O)c1ccc(C(C)=CC(C)(C)C)cc1. The topological polar surface area (TPSA) is 29.1 Å². The monoisotopic (exact) mass is 335 g/mol. The van der Waals surface area contributed by atoms with Gasteiger partial charge in [0.2, 0.25) is 0 Å². The molecule has 0 unspecified atom stereocenters. The van der Waals surface area contributed by atoms with Crippen LogP contribution in [0.4, 0.5) is 5.69 Å². The fourth-order valence-electron chi connectivity index (χ4n) is 2.94. The number of amides is 1. The molecule has 0 saturated heterocycles. The van der Waals surface area contributed by atoms with E-state index in [4.69, 9.17) is 0 Å². The summed E-state index contributed by atoms with van der Waals surface area (Å²) >= 11 is 0. The molecule has 0 fully saturated rings. The minimum absolute atomic E-state index is 0.0624. The molecular formula is C23H29NO. The molecule has 0 atom stereocenters. The first kappa shape index (κ1) is 19.0. The van der Waals surface area contributed by atoms with Crippen LogP contribution in [-0.4, -0.2) is 5.91 Å². The summed E-state index contributed by atoms with van der Waals surface area (Å²) in [6, 6.07) is 15.8. The molecule has 0 aliphatic carbocycles. The normalized spacial score (nSPS) is 12.1. The predicted octanol–water partition coefficient (Wildman–Crippen LogP) is 6.34. The van der Waals surface area contributed by atoms with Crippen LogP contribution in [0.1, 0.15) is 62.5 Å². The lowest BCUT2D eigenvalue weighted by Gasteiger charge is -2.15. The van der Waals surface area contributed by atoms with Crippen LogP contribution in [0.5, 0.6) is 0 Å². The van der Waals surface area contributed by atoms with E-state index in [-0.39, 0.29) is 11.3 Å². The number of para-hydroxylation sites is 1. The number of nitrogens with one attached hydrogen (secondary N) is 1. The summed E-state index contributed by atoms with van der Waals surface area (Å²) in [5, 5.41) is 3.05. The van der Waals surface area contributed by atoms with E-state index < -0.39 is 0 Å². The third kappa shape index (κ3) is 5.60. The molecule has 0 heterocycles. The van der Waals surface area contributed by atoms with Crippen LogP contribution in [0.25, 0.3) is 5.57 Å². The van der Waals surface area contributed by atoms with Gasteiger partial charge in [0.1, 0.15) is 0 Å².